The number of carbonyl (C=O) groups excluding carboxylic acids is 2. The Kier molecular flexibility index (Phi) is 11.0. The molecule has 0 saturated heterocycles. The molecule has 1 aromatic carbocycles. The average molecular weight is 425 g/mol. The zero-order chi connectivity index (χ0) is 19.4. The van der Waals surface area contributed by atoms with E-state index in [4.69, 9.17) is 9.47 Å². The SMILES string of the molecule is CCCC/C([Se]c1ccccc1)=C(/CCCC)C(C(=O)OC)C(=O)OC. The van der Waals surface area contributed by atoms with E-state index < -0.39 is 17.9 Å². The van der Waals surface area contributed by atoms with Crippen molar-refractivity contribution >= 4 is 31.4 Å². The Labute approximate surface area is 163 Å². The van der Waals surface area contributed by atoms with Crippen LogP contribution in [0.15, 0.2) is 40.4 Å². The van der Waals surface area contributed by atoms with E-state index in [-0.39, 0.29) is 15.0 Å². The second kappa shape index (κ2) is 12.7. The third-order valence-corrected chi connectivity index (χ3v) is 6.68. The van der Waals surface area contributed by atoms with Crippen LogP contribution in [0.5, 0.6) is 0 Å². The molecule has 0 unspecified atom stereocenters. The Bertz CT molecular complexity index is 579. The molecule has 1 rings (SSSR count). The van der Waals surface area contributed by atoms with E-state index in [0.29, 0.717) is 0 Å². The Morgan fingerprint density at radius 1 is 0.923 bits per heavy atom. The van der Waals surface area contributed by atoms with Gasteiger partial charge in [-0.25, -0.2) is 0 Å². The number of unbranched alkanes of at least 4 members (excludes halogenated alkanes) is 2. The number of hydrogen-bond donors (Lipinski definition) is 0. The molecule has 0 radical (unpaired) electrons. The molecule has 5 heteroatoms. The van der Waals surface area contributed by atoms with Crippen molar-refractivity contribution in [3.8, 4) is 0 Å². The van der Waals surface area contributed by atoms with Crippen LogP contribution in [0.25, 0.3) is 0 Å². The summed E-state index contributed by atoms with van der Waals surface area (Å²) in [5, 5.41) is 0. The molecule has 0 aliphatic rings. The number of carbonyl (C=O) groups is 2. The topological polar surface area (TPSA) is 52.6 Å². The van der Waals surface area contributed by atoms with Gasteiger partial charge in [0, 0.05) is 0 Å². The maximum atomic E-state index is 12.4. The molecule has 0 heterocycles. The number of hydrogen-bond acceptors (Lipinski definition) is 4. The van der Waals surface area contributed by atoms with E-state index in [0.717, 1.165) is 44.1 Å². The zero-order valence-corrected chi connectivity index (χ0v) is 18.0. The molecular formula is C21H30O4Se. The van der Waals surface area contributed by atoms with Crippen LogP contribution in [0.1, 0.15) is 52.4 Å². The normalized spacial score (nSPS) is 11.9. The van der Waals surface area contributed by atoms with Gasteiger partial charge >= 0.3 is 163 Å². The van der Waals surface area contributed by atoms with E-state index in [1.807, 2.05) is 18.2 Å². The molecule has 0 aromatic heterocycles. The molecule has 0 N–H and O–H groups in total. The van der Waals surface area contributed by atoms with Crippen molar-refractivity contribution in [3.63, 3.8) is 0 Å². The first-order chi connectivity index (χ1) is 12.6. The fourth-order valence-corrected chi connectivity index (χ4v) is 5.14. The quantitative estimate of drug-likeness (QED) is 0.309. The molecule has 0 atom stereocenters. The number of rotatable bonds is 11. The van der Waals surface area contributed by atoms with Crippen LogP contribution >= 0.6 is 0 Å². The van der Waals surface area contributed by atoms with Gasteiger partial charge in [0.2, 0.25) is 0 Å². The van der Waals surface area contributed by atoms with Gasteiger partial charge < -0.3 is 0 Å². The summed E-state index contributed by atoms with van der Waals surface area (Å²) in [6.45, 7) is 4.26. The van der Waals surface area contributed by atoms with E-state index in [2.05, 4.69) is 26.0 Å². The van der Waals surface area contributed by atoms with Gasteiger partial charge in [0.05, 0.1) is 0 Å². The molecule has 0 fully saturated rings. The van der Waals surface area contributed by atoms with Crippen LogP contribution in [0.2, 0.25) is 0 Å². The summed E-state index contributed by atoms with van der Waals surface area (Å²) in [6.07, 6.45) is 5.65. The Balaban J connectivity index is 3.38. The standard InChI is InChI=1S/C21H30O4Se/c1-5-7-14-17(19(20(22)24-3)21(23)25-4)18(15-8-6-2)26-16-12-10-9-11-13-16/h9-13,19H,5-8,14-15H2,1-4H3/b18-17+. The number of esters is 2. The van der Waals surface area contributed by atoms with Gasteiger partial charge in [0.25, 0.3) is 0 Å². The second-order valence-corrected chi connectivity index (χ2v) is 8.50. The van der Waals surface area contributed by atoms with Crippen LogP contribution in [0.4, 0.5) is 0 Å². The van der Waals surface area contributed by atoms with Gasteiger partial charge in [0.15, 0.2) is 0 Å². The summed E-state index contributed by atoms with van der Waals surface area (Å²) in [5.41, 5.74) is 0.905. The molecule has 0 bridgehead atoms. The minimum absolute atomic E-state index is 0.0692. The molecule has 4 nitrogen and oxygen atoms in total. The van der Waals surface area contributed by atoms with Crippen molar-refractivity contribution in [1.29, 1.82) is 0 Å². The summed E-state index contributed by atoms with van der Waals surface area (Å²) < 4.78 is 12.3. The van der Waals surface area contributed by atoms with Crippen LogP contribution in [-0.2, 0) is 19.1 Å². The molecule has 0 spiro atoms. The molecule has 144 valence electrons. The first-order valence-electron chi connectivity index (χ1n) is 9.19. The minimum atomic E-state index is -0.950. The average Bonchev–Trinajstić information content (AvgIpc) is 2.68. The number of ether oxygens (including phenoxy) is 2. The van der Waals surface area contributed by atoms with Gasteiger partial charge in [-0.05, 0) is 0 Å². The van der Waals surface area contributed by atoms with Crippen LogP contribution in [0, 0.1) is 5.92 Å². The third kappa shape index (κ3) is 6.97. The second-order valence-electron chi connectivity index (χ2n) is 6.05. The predicted molar refractivity (Wildman–Crippen MR) is 105 cm³/mol. The summed E-state index contributed by atoms with van der Waals surface area (Å²) >= 11 is 0.0692. The Morgan fingerprint density at radius 2 is 1.46 bits per heavy atom. The fourth-order valence-electron chi connectivity index (χ4n) is 2.67. The summed E-state index contributed by atoms with van der Waals surface area (Å²) in [4.78, 5) is 24.8. The Morgan fingerprint density at radius 3 is 1.96 bits per heavy atom. The molecule has 1 aromatic rings. The number of benzene rings is 1. The number of methoxy groups -OCH3 is 2. The van der Waals surface area contributed by atoms with E-state index in [1.54, 1.807) is 0 Å². The van der Waals surface area contributed by atoms with Crippen molar-refractivity contribution in [2.24, 2.45) is 5.92 Å². The summed E-state index contributed by atoms with van der Waals surface area (Å²) in [7, 11) is 2.65. The molecule has 26 heavy (non-hydrogen) atoms. The molecule has 0 amide bonds. The fraction of sp³-hybridized carbons (Fsp3) is 0.524. The van der Waals surface area contributed by atoms with Crippen LogP contribution in [0.3, 0.4) is 0 Å². The molecule has 0 aliphatic heterocycles. The van der Waals surface area contributed by atoms with E-state index in [9.17, 15) is 9.59 Å². The summed E-state index contributed by atoms with van der Waals surface area (Å²) in [6, 6.07) is 10.3. The Hall–Kier alpha value is -1.58. The molecule has 0 aliphatic carbocycles. The van der Waals surface area contributed by atoms with Crippen LogP contribution < -0.4 is 4.46 Å². The van der Waals surface area contributed by atoms with Gasteiger partial charge in [-0.2, -0.15) is 0 Å². The van der Waals surface area contributed by atoms with E-state index in [1.165, 1.54) is 23.2 Å². The molecular weight excluding hydrogens is 395 g/mol. The van der Waals surface area contributed by atoms with Crippen LogP contribution in [-0.4, -0.2) is 41.1 Å². The first kappa shape index (κ1) is 22.5. The maximum absolute atomic E-state index is 12.4. The zero-order valence-electron chi connectivity index (χ0n) is 16.2. The van der Waals surface area contributed by atoms with Crippen molar-refractivity contribution < 1.29 is 19.1 Å². The third-order valence-electron chi connectivity index (χ3n) is 4.12. The van der Waals surface area contributed by atoms with E-state index >= 15 is 0 Å². The van der Waals surface area contributed by atoms with Gasteiger partial charge in [-0.1, -0.05) is 0 Å². The first-order valence-corrected chi connectivity index (χ1v) is 10.9. The van der Waals surface area contributed by atoms with Crippen molar-refractivity contribution in [1.82, 2.24) is 0 Å². The van der Waals surface area contributed by atoms with Crippen molar-refractivity contribution in [2.45, 2.75) is 52.4 Å². The predicted octanol–water partition coefficient (Wildman–Crippen LogP) is 3.61. The monoisotopic (exact) mass is 426 g/mol. The van der Waals surface area contributed by atoms with Gasteiger partial charge in [-0.3, -0.25) is 0 Å². The van der Waals surface area contributed by atoms with Gasteiger partial charge in [-0.15, -0.1) is 0 Å². The van der Waals surface area contributed by atoms with Gasteiger partial charge in [0.1, 0.15) is 0 Å². The summed E-state index contributed by atoms with van der Waals surface area (Å²) in [5.74, 6) is -2.00. The molecule has 0 saturated carbocycles. The van der Waals surface area contributed by atoms with Crippen molar-refractivity contribution in [2.75, 3.05) is 14.2 Å². The number of allylic oxidation sites excluding steroid dienone is 1. The van der Waals surface area contributed by atoms with Crippen molar-refractivity contribution in [3.05, 3.63) is 40.4 Å².